The number of para-hydroxylation sites is 1. The summed E-state index contributed by atoms with van der Waals surface area (Å²) >= 11 is 4.08. The molecule has 3 rings (SSSR count). The smallest absolute Gasteiger partial charge is 0.294 e. The lowest BCUT2D eigenvalue weighted by atomic mass is 10.2. The maximum absolute atomic E-state index is 13.7. The lowest BCUT2D eigenvalue weighted by Crippen LogP contribution is -2.36. The largest absolute Gasteiger partial charge is 0.480 e. The number of rotatable bonds is 6. The van der Waals surface area contributed by atoms with Crippen LogP contribution in [0.4, 0.5) is 14.9 Å². The Kier molecular flexibility index (Phi) is 6.92. The van der Waals surface area contributed by atoms with Gasteiger partial charge in [-0.15, -0.1) is 6.42 Å². The van der Waals surface area contributed by atoms with Gasteiger partial charge in [0, 0.05) is 0 Å². The van der Waals surface area contributed by atoms with Gasteiger partial charge in [-0.25, -0.2) is 4.39 Å². The highest BCUT2D eigenvalue weighted by Gasteiger charge is 2.36. The van der Waals surface area contributed by atoms with Crippen LogP contribution in [0.3, 0.4) is 0 Å². The molecule has 0 bridgehead atoms. The van der Waals surface area contributed by atoms with Gasteiger partial charge in [0.1, 0.15) is 24.7 Å². The molecule has 0 aromatic heterocycles. The van der Waals surface area contributed by atoms with E-state index in [1.807, 2.05) is 0 Å². The monoisotopic (exact) mass is 488 g/mol. The number of halogens is 2. The van der Waals surface area contributed by atoms with Crippen molar-refractivity contribution >= 4 is 56.5 Å². The number of nitrogens with zero attached hydrogens (tertiary/aromatic N) is 1. The van der Waals surface area contributed by atoms with Crippen LogP contribution in [0.15, 0.2) is 51.8 Å². The number of ether oxygens (including phenoxy) is 1. The fourth-order valence-corrected chi connectivity index (χ4v) is 3.88. The predicted octanol–water partition coefficient (Wildman–Crippen LogP) is 4.28. The first kappa shape index (κ1) is 21.6. The third-order valence-corrected chi connectivity index (χ3v) is 5.42. The molecule has 30 heavy (non-hydrogen) atoms. The zero-order chi connectivity index (χ0) is 21.7. The highest BCUT2D eigenvalue weighted by molar-refractivity contribution is 9.10. The summed E-state index contributed by atoms with van der Waals surface area (Å²) in [4.78, 5) is 37.9. The maximum Gasteiger partial charge on any atom is 0.294 e. The number of carbonyl (C=O) groups excluding carboxylic acids is 3. The number of terminal acetylenes is 1. The number of thioether (sulfide) groups is 1. The first-order chi connectivity index (χ1) is 14.4. The quantitative estimate of drug-likeness (QED) is 0.485. The van der Waals surface area contributed by atoms with E-state index in [2.05, 4.69) is 27.2 Å². The second kappa shape index (κ2) is 9.61. The fourth-order valence-electron chi connectivity index (χ4n) is 2.53. The van der Waals surface area contributed by atoms with E-state index >= 15 is 0 Å². The molecular weight excluding hydrogens is 475 g/mol. The van der Waals surface area contributed by atoms with Crippen molar-refractivity contribution in [3.05, 3.63) is 63.2 Å². The molecule has 0 saturated carbocycles. The molecule has 0 atom stereocenters. The van der Waals surface area contributed by atoms with Gasteiger partial charge < -0.3 is 10.1 Å². The van der Waals surface area contributed by atoms with Crippen molar-refractivity contribution in [1.29, 1.82) is 0 Å². The van der Waals surface area contributed by atoms with E-state index in [9.17, 15) is 18.8 Å². The molecule has 6 nitrogen and oxygen atoms in total. The Morgan fingerprint density at radius 3 is 2.77 bits per heavy atom. The normalized spacial score (nSPS) is 14.7. The van der Waals surface area contributed by atoms with E-state index in [4.69, 9.17) is 11.2 Å². The molecule has 1 fully saturated rings. The molecule has 2 aromatic rings. The number of anilines is 1. The Morgan fingerprint density at radius 1 is 1.30 bits per heavy atom. The Bertz CT molecular complexity index is 1100. The molecular formula is C21H14BrFN2O4S. The lowest BCUT2D eigenvalue weighted by Gasteiger charge is -2.12. The number of hydrogen-bond donors (Lipinski definition) is 1. The Balaban J connectivity index is 1.70. The summed E-state index contributed by atoms with van der Waals surface area (Å²) in [6.07, 6.45) is 6.70. The van der Waals surface area contributed by atoms with Crippen LogP contribution in [-0.4, -0.2) is 35.1 Å². The van der Waals surface area contributed by atoms with Crippen molar-refractivity contribution in [2.24, 2.45) is 0 Å². The third kappa shape index (κ3) is 5.09. The molecule has 1 N–H and O–H groups in total. The Labute approximate surface area is 184 Å². The topological polar surface area (TPSA) is 75.7 Å². The van der Waals surface area contributed by atoms with Gasteiger partial charge >= 0.3 is 0 Å². The maximum atomic E-state index is 13.7. The van der Waals surface area contributed by atoms with Gasteiger partial charge in [-0.3, -0.25) is 19.3 Å². The van der Waals surface area contributed by atoms with Crippen LogP contribution >= 0.6 is 27.7 Å². The van der Waals surface area contributed by atoms with Gasteiger partial charge in [0.2, 0.25) is 5.91 Å². The molecule has 1 saturated heterocycles. The van der Waals surface area contributed by atoms with Crippen LogP contribution in [0.2, 0.25) is 0 Å². The predicted molar refractivity (Wildman–Crippen MR) is 116 cm³/mol. The van der Waals surface area contributed by atoms with Crippen molar-refractivity contribution in [1.82, 2.24) is 4.90 Å². The first-order valence-corrected chi connectivity index (χ1v) is 10.2. The van der Waals surface area contributed by atoms with Crippen molar-refractivity contribution in [3.8, 4) is 18.1 Å². The number of nitrogens with one attached hydrogen (secondary N) is 1. The fraction of sp³-hybridized carbons (Fsp3) is 0.0952. The molecule has 1 aliphatic rings. The molecule has 0 unspecified atom stereocenters. The van der Waals surface area contributed by atoms with E-state index in [-0.39, 0.29) is 17.2 Å². The summed E-state index contributed by atoms with van der Waals surface area (Å²) in [7, 11) is 0. The van der Waals surface area contributed by atoms with E-state index in [1.165, 1.54) is 24.3 Å². The van der Waals surface area contributed by atoms with Gasteiger partial charge in [-0.2, -0.15) is 0 Å². The summed E-state index contributed by atoms with van der Waals surface area (Å²) < 4.78 is 19.6. The van der Waals surface area contributed by atoms with Crippen molar-refractivity contribution in [3.63, 3.8) is 0 Å². The third-order valence-electron chi connectivity index (χ3n) is 3.89. The van der Waals surface area contributed by atoms with E-state index in [0.29, 0.717) is 15.8 Å². The summed E-state index contributed by atoms with van der Waals surface area (Å²) in [5.74, 6) is 1.02. The van der Waals surface area contributed by atoms with Crippen LogP contribution in [0, 0.1) is 18.2 Å². The highest BCUT2D eigenvalue weighted by atomic mass is 79.9. The van der Waals surface area contributed by atoms with Gasteiger partial charge in [0.25, 0.3) is 11.1 Å². The van der Waals surface area contributed by atoms with Crippen LogP contribution in [0.25, 0.3) is 6.08 Å². The van der Waals surface area contributed by atoms with Gasteiger partial charge in [0.05, 0.1) is 15.1 Å². The molecule has 0 aliphatic carbocycles. The number of carbonyl (C=O) groups is 3. The molecule has 0 radical (unpaired) electrons. The molecule has 152 valence electrons. The van der Waals surface area contributed by atoms with Crippen molar-refractivity contribution < 1.29 is 23.5 Å². The van der Waals surface area contributed by atoms with E-state index in [0.717, 1.165) is 16.7 Å². The van der Waals surface area contributed by atoms with Gasteiger partial charge in [-0.05, 0) is 63.6 Å². The average molecular weight is 489 g/mol. The number of amides is 3. The number of benzene rings is 2. The molecule has 1 aliphatic heterocycles. The number of imide groups is 1. The van der Waals surface area contributed by atoms with Crippen LogP contribution in [-0.2, 0) is 9.59 Å². The molecule has 3 amide bonds. The standard InChI is InChI=1S/C21H14BrFN2O4S/c1-2-9-29-17-8-7-13(10-14(17)22)11-18-20(27)25(21(28)30-18)12-19(26)24-16-6-4-3-5-15(16)23/h1,3-8,10-11H,9,12H2,(H,24,26)/b18-11+. The number of hydrogen-bond acceptors (Lipinski definition) is 5. The molecule has 2 aromatic carbocycles. The molecule has 0 spiro atoms. The van der Waals surface area contributed by atoms with E-state index < -0.39 is 29.4 Å². The SMILES string of the molecule is C#CCOc1ccc(/C=C2/SC(=O)N(CC(=O)Nc3ccccc3F)C2=O)cc1Br. The summed E-state index contributed by atoms with van der Waals surface area (Å²) in [6, 6.07) is 10.7. The Hall–Kier alpha value is -3.09. The minimum absolute atomic E-state index is 0.0259. The van der Waals surface area contributed by atoms with Crippen LogP contribution in [0.1, 0.15) is 5.56 Å². The zero-order valence-electron chi connectivity index (χ0n) is 15.4. The van der Waals surface area contributed by atoms with E-state index in [1.54, 1.807) is 24.3 Å². The van der Waals surface area contributed by atoms with Crippen molar-refractivity contribution in [2.75, 3.05) is 18.5 Å². The summed E-state index contributed by atoms with van der Waals surface area (Å²) in [5.41, 5.74) is 0.623. The summed E-state index contributed by atoms with van der Waals surface area (Å²) in [5, 5.41) is 1.77. The second-order valence-electron chi connectivity index (χ2n) is 5.98. The minimum Gasteiger partial charge on any atom is -0.480 e. The summed E-state index contributed by atoms with van der Waals surface area (Å²) in [6.45, 7) is -0.398. The first-order valence-electron chi connectivity index (χ1n) is 8.54. The Morgan fingerprint density at radius 2 is 2.07 bits per heavy atom. The second-order valence-corrected chi connectivity index (χ2v) is 7.83. The molecule has 1 heterocycles. The van der Waals surface area contributed by atoms with Crippen LogP contribution < -0.4 is 10.1 Å². The van der Waals surface area contributed by atoms with Gasteiger partial charge in [-0.1, -0.05) is 24.1 Å². The minimum atomic E-state index is -0.679. The van der Waals surface area contributed by atoms with Gasteiger partial charge in [0.15, 0.2) is 0 Å². The average Bonchev–Trinajstić information content (AvgIpc) is 2.96. The van der Waals surface area contributed by atoms with Crippen molar-refractivity contribution in [2.45, 2.75) is 0 Å². The molecule has 9 heteroatoms. The highest BCUT2D eigenvalue weighted by Crippen LogP contribution is 2.33. The zero-order valence-corrected chi connectivity index (χ0v) is 17.8. The van der Waals surface area contributed by atoms with Crippen LogP contribution in [0.5, 0.6) is 5.75 Å². The lowest BCUT2D eigenvalue weighted by molar-refractivity contribution is -0.127.